The highest BCUT2D eigenvalue weighted by atomic mass is 32.2. The normalized spacial score (nSPS) is 15.1. The van der Waals surface area contributed by atoms with Crippen LogP contribution in [0.3, 0.4) is 0 Å². The van der Waals surface area contributed by atoms with Crippen molar-refractivity contribution in [2.45, 2.75) is 50.7 Å². The lowest BCUT2D eigenvalue weighted by Gasteiger charge is -2.20. The molecular weight excluding hydrogens is 410 g/mol. The van der Waals surface area contributed by atoms with Gasteiger partial charge < -0.3 is 4.57 Å². The molecule has 2 aromatic carbocycles. The third-order valence-corrected chi connectivity index (χ3v) is 7.14. The van der Waals surface area contributed by atoms with Gasteiger partial charge in [0.25, 0.3) is 0 Å². The number of rotatable bonds is 7. The summed E-state index contributed by atoms with van der Waals surface area (Å²) in [6.45, 7) is 7.95. The summed E-state index contributed by atoms with van der Waals surface area (Å²) < 4.78 is 29.7. The molecule has 0 aliphatic carbocycles. The second-order valence-electron chi connectivity index (χ2n) is 8.24. The maximum atomic E-state index is 12.5. The van der Waals surface area contributed by atoms with Crippen LogP contribution in [0.2, 0.25) is 0 Å². The van der Waals surface area contributed by atoms with E-state index < -0.39 is 10.0 Å². The lowest BCUT2D eigenvalue weighted by Crippen LogP contribution is -2.28. The Morgan fingerprint density at radius 3 is 2.42 bits per heavy atom. The molecule has 7 nitrogen and oxygen atoms in total. The minimum atomic E-state index is -3.57. The Labute approximate surface area is 184 Å². The quantitative estimate of drug-likeness (QED) is 0.612. The fourth-order valence-electron chi connectivity index (χ4n) is 3.82. The summed E-state index contributed by atoms with van der Waals surface area (Å²) in [6, 6.07) is 17.2. The van der Waals surface area contributed by atoms with Crippen molar-refractivity contribution in [3.8, 4) is 0 Å². The van der Waals surface area contributed by atoms with Crippen LogP contribution >= 0.6 is 0 Å². The number of hydrogen-bond donors (Lipinski definition) is 1. The van der Waals surface area contributed by atoms with Gasteiger partial charge in [0.15, 0.2) is 0 Å². The van der Waals surface area contributed by atoms with Crippen LogP contribution in [-0.2, 0) is 36.1 Å². The van der Waals surface area contributed by atoms with E-state index in [1.54, 1.807) is 30.3 Å². The summed E-state index contributed by atoms with van der Waals surface area (Å²) in [4.78, 5) is 2.66. The van der Waals surface area contributed by atoms with Crippen LogP contribution in [-0.4, -0.2) is 41.2 Å². The zero-order valence-corrected chi connectivity index (χ0v) is 18.8. The topological polar surface area (TPSA) is 80.1 Å². The SMILES string of the molecule is CC(C)c1ccc(CN2CCc3nnc(CNS(=O)(=O)c4ccccc4)n3CC2)cc1. The molecule has 1 aromatic heterocycles. The van der Waals surface area contributed by atoms with E-state index in [1.807, 2.05) is 0 Å². The number of hydrogen-bond acceptors (Lipinski definition) is 5. The zero-order valence-electron chi connectivity index (χ0n) is 18.0. The number of sulfonamides is 1. The van der Waals surface area contributed by atoms with Gasteiger partial charge in [-0.2, -0.15) is 0 Å². The van der Waals surface area contributed by atoms with Crippen molar-refractivity contribution in [2.75, 3.05) is 13.1 Å². The van der Waals surface area contributed by atoms with Crippen LogP contribution in [0.15, 0.2) is 59.5 Å². The second-order valence-corrected chi connectivity index (χ2v) is 10.0. The molecule has 31 heavy (non-hydrogen) atoms. The van der Waals surface area contributed by atoms with Crippen LogP contribution < -0.4 is 4.72 Å². The third kappa shape index (κ3) is 5.20. The van der Waals surface area contributed by atoms with E-state index in [1.165, 1.54) is 11.1 Å². The van der Waals surface area contributed by atoms with Gasteiger partial charge in [-0.25, -0.2) is 13.1 Å². The van der Waals surface area contributed by atoms with Crippen LogP contribution in [0.25, 0.3) is 0 Å². The first-order valence-corrected chi connectivity index (χ1v) is 12.2. The van der Waals surface area contributed by atoms with Crippen molar-refractivity contribution in [3.05, 3.63) is 77.4 Å². The summed E-state index contributed by atoms with van der Waals surface area (Å²) in [5.74, 6) is 2.10. The van der Waals surface area contributed by atoms with Gasteiger partial charge in [-0.3, -0.25) is 4.90 Å². The van der Waals surface area contributed by atoms with Crippen molar-refractivity contribution in [2.24, 2.45) is 0 Å². The molecule has 3 aromatic rings. The van der Waals surface area contributed by atoms with Gasteiger partial charge in [0.05, 0.1) is 11.4 Å². The molecule has 2 heterocycles. The summed E-state index contributed by atoms with van der Waals surface area (Å²) in [5.41, 5.74) is 2.66. The third-order valence-electron chi connectivity index (χ3n) is 5.72. The summed E-state index contributed by atoms with van der Waals surface area (Å²) in [5, 5.41) is 8.55. The minimum absolute atomic E-state index is 0.126. The first kappa shape index (κ1) is 21.7. The number of nitrogens with zero attached hydrogens (tertiary/aromatic N) is 4. The van der Waals surface area contributed by atoms with Gasteiger partial charge >= 0.3 is 0 Å². The molecule has 1 aliphatic rings. The molecule has 0 saturated carbocycles. The number of nitrogens with one attached hydrogen (secondary N) is 1. The van der Waals surface area contributed by atoms with Gasteiger partial charge in [0.2, 0.25) is 10.0 Å². The number of fused-ring (bicyclic) bond motifs is 1. The maximum absolute atomic E-state index is 12.5. The molecule has 0 atom stereocenters. The molecule has 0 radical (unpaired) electrons. The Hall–Kier alpha value is -2.55. The minimum Gasteiger partial charge on any atom is -0.313 e. The first-order chi connectivity index (χ1) is 14.9. The predicted molar refractivity (Wildman–Crippen MR) is 120 cm³/mol. The Bertz CT molecular complexity index is 1110. The molecule has 1 aliphatic heterocycles. The molecule has 1 N–H and O–H groups in total. The van der Waals surface area contributed by atoms with Crippen LogP contribution in [0, 0.1) is 0 Å². The summed E-state index contributed by atoms with van der Waals surface area (Å²) >= 11 is 0. The van der Waals surface area contributed by atoms with Crippen molar-refractivity contribution >= 4 is 10.0 Å². The fraction of sp³-hybridized carbons (Fsp3) is 0.391. The molecule has 0 amide bonds. The monoisotopic (exact) mass is 439 g/mol. The van der Waals surface area contributed by atoms with E-state index in [0.717, 1.165) is 38.4 Å². The van der Waals surface area contributed by atoms with E-state index in [0.29, 0.717) is 11.7 Å². The molecule has 0 fully saturated rings. The average molecular weight is 440 g/mol. The van der Waals surface area contributed by atoms with Crippen molar-refractivity contribution in [3.63, 3.8) is 0 Å². The molecule has 8 heteroatoms. The van der Waals surface area contributed by atoms with E-state index >= 15 is 0 Å². The number of aromatic nitrogens is 3. The average Bonchev–Trinajstić information content (AvgIpc) is 3.06. The van der Waals surface area contributed by atoms with Crippen LogP contribution in [0.5, 0.6) is 0 Å². The zero-order chi connectivity index (χ0) is 21.8. The van der Waals surface area contributed by atoms with E-state index in [9.17, 15) is 8.42 Å². The molecule has 4 rings (SSSR count). The van der Waals surface area contributed by atoms with E-state index in [-0.39, 0.29) is 11.4 Å². The van der Waals surface area contributed by atoms with E-state index in [2.05, 4.69) is 62.5 Å². The molecule has 164 valence electrons. The van der Waals surface area contributed by atoms with Gasteiger partial charge in [0, 0.05) is 32.6 Å². The highest BCUT2D eigenvalue weighted by Crippen LogP contribution is 2.17. The Balaban J connectivity index is 1.38. The van der Waals surface area contributed by atoms with Gasteiger partial charge in [-0.15, -0.1) is 10.2 Å². The van der Waals surface area contributed by atoms with Crippen molar-refractivity contribution < 1.29 is 8.42 Å². The van der Waals surface area contributed by atoms with Gasteiger partial charge in [-0.1, -0.05) is 56.3 Å². The van der Waals surface area contributed by atoms with Gasteiger partial charge in [-0.05, 0) is 29.2 Å². The van der Waals surface area contributed by atoms with Crippen molar-refractivity contribution in [1.82, 2.24) is 24.4 Å². The first-order valence-electron chi connectivity index (χ1n) is 10.7. The Kier molecular flexibility index (Phi) is 6.50. The van der Waals surface area contributed by atoms with E-state index in [4.69, 9.17) is 0 Å². The van der Waals surface area contributed by atoms with Gasteiger partial charge in [0.1, 0.15) is 11.6 Å². The number of benzene rings is 2. The fourth-order valence-corrected chi connectivity index (χ4v) is 4.83. The lowest BCUT2D eigenvalue weighted by molar-refractivity contribution is 0.270. The van der Waals surface area contributed by atoms with Crippen LogP contribution in [0.4, 0.5) is 0 Å². The largest absolute Gasteiger partial charge is 0.313 e. The lowest BCUT2D eigenvalue weighted by atomic mass is 10.0. The highest BCUT2D eigenvalue weighted by Gasteiger charge is 2.21. The summed E-state index contributed by atoms with van der Waals surface area (Å²) in [6.07, 6.45) is 0.794. The smallest absolute Gasteiger partial charge is 0.240 e. The van der Waals surface area contributed by atoms with Crippen LogP contribution in [0.1, 0.15) is 42.5 Å². The second kappa shape index (κ2) is 9.30. The predicted octanol–water partition coefficient (Wildman–Crippen LogP) is 2.94. The molecule has 0 saturated heterocycles. The Morgan fingerprint density at radius 1 is 0.968 bits per heavy atom. The molecule has 0 bridgehead atoms. The maximum Gasteiger partial charge on any atom is 0.240 e. The molecular formula is C23H29N5O2S. The highest BCUT2D eigenvalue weighted by molar-refractivity contribution is 7.89. The van der Waals surface area contributed by atoms with Crippen molar-refractivity contribution in [1.29, 1.82) is 0 Å². The standard InChI is InChI=1S/C23H29N5O2S/c1-18(2)20-10-8-19(9-11-20)17-27-13-12-22-25-26-23(28(22)15-14-27)16-24-31(29,30)21-6-4-3-5-7-21/h3-11,18,24H,12-17H2,1-2H3. The summed E-state index contributed by atoms with van der Waals surface area (Å²) in [7, 11) is -3.57. The Morgan fingerprint density at radius 2 is 1.71 bits per heavy atom. The molecule has 0 spiro atoms. The molecule has 0 unspecified atom stereocenters.